The lowest BCUT2D eigenvalue weighted by molar-refractivity contribution is -0.131. The van der Waals surface area contributed by atoms with E-state index in [0.717, 1.165) is 11.1 Å². The molecule has 1 fully saturated rings. The fourth-order valence-electron chi connectivity index (χ4n) is 0.826. The molecule has 11 heavy (non-hydrogen) atoms. The Bertz CT molecular complexity index is 169. The predicted octanol–water partition coefficient (Wildman–Crippen LogP) is 1.18. The van der Waals surface area contributed by atoms with E-state index in [4.69, 9.17) is 0 Å². The van der Waals surface area contributed by atoms with Gasteiger partial charge in [0.05, 0.1) is 0 Å². The summed E-state index contributed by atoms with van der Waals surface area (Å²) in [5, 5.41) is 0.800. The lowest BCUT2D eigenvalue weighted by Gasteiger charge is -2.09. The Morgan fingerprint density at radius 1 is 1.36 bits per heavy atom. The molecular weight excluding hydrogens is 230 g/mol. The van der Waals surface area contributed by atoms with Crippen LogP contribution in [0.4, 0.5) is 0 Å². The van der Waals surface area contributed by atoms with Crippen LogP contribution in [0.25, 0.3) is 0 Å². The molecule has 0 spiro atoms. The molecule has 1 aliphatic rings. The summed E-state index contributed by atoms with van der Waals surface area (Å²) in [5.41, 5.74) is 0. The molecule has 5 heteroatoms. The van der Waals surface area contributed by atoms with Gasteiger partial charge in [-0.3, -0.25) is 9.59 Å². The zero-order valence-electron chi connectivity index (χ0n) is 5.88. The molecule has 0 radical (unpaired) electrons. The number of carbonyl (C=O) groups excluding carboxylic acids is 2. The van der Waals surface area contributed by atoms with E-state index >= 15 is 0 Å². The zero-order chi connectivity index (χ0) is 8.27. The van der Waals surface area contributed by atoms with Crippen LogP contribution >= 0.6 is 27.9 Å². The van der Waals surface area contributed by atoms with Gasteiger partial charge < -0.3 is 0 Å². The molecule has 62 valence electrons. The van der Waals surface area contributed by atoms with E-state index in [1.165, 1.54) is 16.3 Å². The average molecular weight is 238 g/mol. The van der Waals surface area contributed by atoms with Crippen LogP contribution in [0.5, 0.6) is 0 Å². The maximum atomic E-state index is 11.0. The molecule has 0 unspecified atom stereocenters. The number of rotatable bonds is 3. The van der Waals surface area contributed by atoms with Crippen molar-refractivity contribution in [2.75, 3.05) is 11.1 Å². The van der Waals surface area contributed by atoms with Gasteiger partial charge in [-0.05, 0) is 11.9 Å². The van der Waals surface area contributed by atoms with Crippen LogP contribution in [0, 0.1) is 0 Å². The highest BCUT2D eigenvalue weighted by Crippen LogP contribution is 2.21. The minimum absolute atomic E-state index is 0.0547. The zero-order valence-corrected chi connectivity index (χ0v) is 8.28. The highest BCUT2D eigenvalue weighted by molar-refractivity contribution is 9.09. The number of carbonyl (C=O) groups is 2. The van der Waals surface area contributed by atoms with E-state index < -0.39 is 0 Å². The quantitative estimate of drug-likeness (QED) is 0.421. The van der Waals surface area contributed by atoms with E-state index in [2.05, 4.69) is 15.9 Å². The lowest BCUT2D eigenvalue weighted by Crippen LogP contribution is -2.21. The number of hydrogen-bond acceptors (Lipinski definition) is 3. The summed E-state index contributed by atoms with van der Waals surface area (Å²) in [4.78, 5) is 21.9. The van der Waals surface area contributed by atoms with E-state index in [0.29, 0.717) is 12.8 Å². The van der Waals surface area contributed by atoms with Crippen LogP contribution in [0.2, 0.25) is 0 Å². The monoisotopic (exact) mass is 237 g/mol. The van der Waals surface area contributed by atoms with Crippen LogP contribution in [-0.2, 0) is 9.59 Å². The third-order valence-electron chi connectivity index (χ3n) is 1.30. The topological polar surface area (TPSA) is 37.4 Å². The van der Waals surface area contributed by atoms with Crippen molar-refractivity contribution in [1.82, 2.24) is 4.31 Å². The molecule has 1 rings (SSSR count). The van der Waals surface area contributed by atoms with Crippen LogP contribution in [0.3, 0.4) is 0 Å². The molecule has 0 aromatic heterocycles. The van der Waals surface area contributed by atoms with Gasteiger partial charge in [0.2, 0.25) is 11.8 Å². The summed E-state index contributed by atoms with van der Waals surface area (Å²) < 4.78 is 1.27. The molecule has 0 N–H and O–H groups in total. The third-order valence-corrected chi connectivity index (χ3v) is 3.28. The molecule has 0 bridgehead atoms. The lowest BCUT2D eigenvalue weighted by atomic mass is 10.4. The standard InChI is InChI=1S/C6H8BrNO2S/c7-3-4-11-8-5(9)1-2-6(8)10/h1-4H2. The van der Waals surface area contributed by atoms with Crippen molar-refractivity contribution in [3.8, 4) is 0 Å². The second-order valence-corrected chi connectivity index (χ2v) is 3.93. The van der Waals surface area contributed by atoms with E-state index in [-0.39, 0.29) is 11.8 Å². The Hall–Kier alpha value is -0.0300. The number of hydrogen-bond donors (Lipinski definition) is 0. The summed E-state index contributed by atoms with van der Waals surface area (Å²) >= 11 is 4.51. The van der Waals surface area contributed by atoms with Gasteiger partial charge in [0, 0.05) is 23.9 Å². The van der Waals surface area contributed by atoms with Crippen molar-refractivity contribution in [3.63, 3.8) is 0 Å². The minimum Gasteiger partial charge on any atom is -0.273 e. The van der Waals surface area contributed by atoms with Crippen molar-refractivity contribution in [1.29, 1.82) is 0 Å². The Kier molecular flexibility index (Phi) is 3.39. The number of halogens is 1. The molecule has 1 saturated heterocycles. The first-order valence-electron chi connectivity index (χ1n) is 3.30. The molecule has 0 aromatic carbocycles. The fraction of sp³-hybridized carbons (Fsp3) is 0.667. The predicted molar refractivity (Wildman–Crippen MR) is 47.3 cm³/mol. The van der Waals surface area contributed by atoms with Crippen LogP contribution in [0.15, 0.2) is 0 Å². The normalized spacial score (nSPS) is 18.1. The first-order chi connectivity index (χ1) is 5.25. The number of nitrogens with zero attached hydrogens (tertiary/aromatic N) is 1. The largest absolute Gasteiger partial charge is 0.273 e. The second-order valence-electron chi connectivity index (χ2n) is 2.10. The first kappa shape index (κ1) is 9.06. The van der Waals surface area contributed by atoms with Gasteiger partial charge in [-0.15, -0.1) is 0 Å². The van der Waals surface area contributed by atoms with Crippen LogP contribution in [0.1, 0.15) is 12.8 Å². The molecule has 3 nitrogen and oxygen atoms in total. The van der Waals surface area contributed by atoms with Gasteiger partial charge >= 0.3 is 0 Å². The fourth-order valence-corrected chi connectivity index (χ4v) is 1.98. The number of alkyl halides is 1. The van der Waals surface area contributed by atoms with E-state index in [1.54, 1.807) is 0 Å². The highest BCUT2D eigenvalue weighted by Gasteiger charge is 2.28. The molecule has 1 heterocycles. The maximum absolute atomic E-state index is 11.0. The highest BCUT2D eigenvalue weighted by atomic mass is 79.9. The van der Waals surface area contributed by atoms with Crippen LogP contribution in [-0.4, -0.2) is 27.2 Å². The van der Waals surface area contributed by atoms with Gasteiger partial charge in [0.25, 0.3) is 0 Å². The Balaban J connectivity index is 2.41. The van der Waals surface area contributed by atoms with Gasteiger partial charge in [0.1, 0.15) is 0 Å². The summed E-state index contributed by atoms with van der Waals surface area (Å²) in [6.45, 7) is 0. The smallest absolute Gasteiger partial charge is 0.239 e. The minimum atomic E-state index is -0.0547. The molecule has 0 saturated carbocycles. The summed E-state index contributed by atoms with van der Waals surface area (Å²) in [7, 11) is 0. The summed E-state index contributed by atoms with van der Waals surface area (Å²) in [5.74, 6) is 0.652. The van der Waals surface area contributed by atoms with Crippen LogP contribution < -0.4 is 0 Å². The van der Waals surface area contributed by atoms with Crippen molar-refractivity contribution in [2.45, 2.75) is 12.8 Å². The SMILES string of the molecule is O=C1CCC(=O)N1SCCBr. The van der Waals surface area contributed by atoms with Gasteiger partial charge in [-0.2, -0.15) is 0 Å². The van der Waals surface area contributed by atoms with Crippen molar-refractivity contribution in [3.05, 3.63) is 0 Å². The first-order valence-corrected chi connectivity index (χ1v) is 5.37. The van der Waals surface area contributed by atoms with E-state index in [9.17, 15) is 9.59 Å². The van der Waals surface area contributed by atoms with Crippen molar-refractivity contribution in [2.24, 2.45) is 0 Å². The molecule has 1 aliphatic heterocycles. The van der Waals surface area contributed by atoms with E-state index in [1.807, 2.05) is 0 Å². The summed E-state index contributed by atoms with van der Waals surface area (Å²) in [6, 6.07) is 0. The number of amides is 2. The Morgan fingerprint density at radius 2 is 1.91 bits per heavy atom. The molecule has 0 atom stereocenters. The van der Waals surface area contributed by atoms with Gasteiger partial charge in [-0.1, -0.05) is 15.9 Å². The van der Waals surface area contributed by atoms with Gasteiger partial charge in [-0.25, -0.2) is 4.31 Å². The second kappa shape index (κ2) is 4.11. The Labute approximate surface area is 77.8 Å². The van der Waals surface area contributed by atoms with Crippen molar-refractivity contribution < 1.29 is 9.59 Å². The third kappa shape index (κ3) is 2.20. The van der Waals surface area contributed by atoms with Gasteiger partial charge in [0.15, 0.2) is 0 Å². The molecular formula is C6H8BrNO2S. The maximum Gasteiger partial charge on any atom is 0.239 e. The average Bonchev–Trinajstić information content (AvgIpc) is 2.29. The Morgan fingerprint density at radius 3 is 2.36 bits per heavy atom. The summed E-state index contributed by atoms with van der Waals surface area (Å²) in [6.07, 6.45) is 0.766. The molecule has 2 amide bonds. The van der Waals surface area contributed by atoms with Crippen molar-refractivity contribution >= 4 is 39.7 Å². The number of imide groups is 1. The molecule has 0 aliphatic carbocycles. The molecule has 0 aromatic rings.